The first kappa shape index (κ1) is 8.39. The molecule has 0 spiro atoms. The number of hydrogen-bond donors (Lipinski definition) is 2. The predicted octanol–water partition coefficient (Wildman–Crippen LogP) is 0.0751. The standard InChI is InChI=1S/C4H7N2O4P/c1-4(2-6-3(5)7)9-11(8)10-4/h2H2,1H3,(H2-,5,6,7)/p+1. The topological polar surface area (TPSA) is 90.6 Å². The molecule has 0 radical (unpaired) electrons. The molecule has 1 aliphatic heterocycles. The van der Waals surface area contributed by atoms with Crippen molar-refractivity contribution in [1.29, 1.82) is 0 Å². The largest absolute Gasteiger partial charge is 0.703 e. The van der Waals surface area contributed by atoms with E-state index in [-0.39, 0.29) is 6.54 Å². The third kappa shape index (κ3) is 2.11. The lowest BCUT2D eigenvalue weighted by molar-refractivity contribution is -0.166. The molecule has 11 heavy (non-hydrogen) atoms. The van der Waals surface area contributed by atoms with Gasteiger partial charge in [0.05, 0.1) is 6.54 Å². The maximum atomic E-state index is 10.3. The number of hydrogen-bond acceptors (Lipinski definition) is 4. The van der Waals surface area contributed by atoms with Crippen molar-refractivity contribution in [1.82, 2.24) is 5.32 Å². The summed E-state index contributed by atoms with van der Waals surface area (Å²) in [6.45, 7) is 1.66. The van der Waals surface area contributed by atoms with Crippen LogP contribution in [0.5, 0.6) is 0 Å². The average molecular weight is 179 g/mol. The van der Waals surface area contributed by atoms with Crippen LogP contribution in [0.4, 0.5) is 4.79 Å². The van der Waals surface area contributed by atoms with Gasteiger partial charge < -0.3 is 11.1 Å². The van der Waals surface area contributed by atoms with Gasteiger partial charge in [-0.15, -0.1) is 0 Å². The van der Waals surface area contributed by atoms with E-state index in [2.05, 4.69) is 5.32 Å². The Labute approximate surface area is 64.0 Å². The molecule has 1 fully saturated rings. The Balaban J connectivity index is 2.27. The lowest BCUT2D eigenvalue weighted by atomic mass is 10.3. The summed E-state index contributed by atoms with van der Waals surface area (Å²) in [6.07, 6.45) is 0. The molecule has 1 aliphatic rings. The zero-order chi connectivity index (χ0) is 8.48. The van der Waals surface area contributed by atoms with Gasteiger partial charge in [-0.05, 0) is 0 Å². The van der Waals surface area contributed by atoms with E-state index in [1.807, 2.05) is 0 Å². The second kappa shape index (κ2) is 2.73. The highest BCUT2D eigenvalue weighted by Crippen LogP contribution is 2.47. The van der Waals surface area contributed by atoms with Crippen molar-refractivity contribution >= 4 is 14.3 Å². The molecule has 6 nitrogen and oxygen atoms in total. The van der Waals surface area contributed by atoms with Gasteiger partial charge in [-0.2, -0.15) is 0 Å². The van der Waals surface area contributed by atoms with E-state index in [4.69, 9.17) is 14.8 Å². The molecule has 7 heteroatoms. The van der Waals surface area contributed by atoms with Crippen LogP contribution < -0.4 is 11.1 Å². The van der Waals surface area contributed by atoms with Crippen molar-refractivity contribution in [2.75, 3.05) is 6.54 Å². The van der Waals surface area contributed by atoms with Gasteiger partial charge in [-0.3, -0.25) is 0 Å². The summed E-state index contributed by atoms with van der Waals surface area (Å²) < 4.78 is 19.7. The maximum Gasteiger partial charge on any atom is 0.703 e. The second-order valence-electron chi connectivity index (χ2n) is 2.26. The maximum absolute atomic E-state index is 10.3. The van der Waals surface area contributed by atoms with E-state index in [0.717, 1.165) is 0 Å². The van der Waals surface area contributed by atoms with Crippen molar-refractivity contribution in [2.24, 2.45) is 5.73 Å². The van der Waals surface area contributed by atoms with Gasteiger partial charge in [0.2, 0.25) is 0 Å². The fraction of sp³-hybridized carbons (Fsp3) is 0.750. The fourth-order valence-corrected chi connectivity index (χ4v) is 1.41. The summed E-state index contributed by atoms with van der Waals surface area (Å²) in [7, 11) is -1.98. The molecular formula is C4H8N2O4P+. The number of nitrogens with two attached hydrogens (primary N) is 1. The molecule has 1 saturated heterocycles. The highest BCUT2D eigenvalue weighted by molar-refractivity contribution is 7.34. The number of rotatable bonds is 2. The smallest absolute Gasteiger partial charge is 0.352 e. The van der Waals surface area contributed by atoms with Gasteiger partial charge in [-0.25, -0.2) is 4.79 Å². The van der Waals surface area contributed by atoms with Crippen molar-refractivity contribution < 1.29 is 18.4 Å². The number of carbonyl (C=O) groups is 1. The Bertz CT molecular complexity index is 198. The minimum atomic E-state index is -1.98. The Morgan fingerprint density at radius 2 is 2.27 bits per heavy atom. The minimum Gasteiger partial charge on any atom is -0.352 e. The van der Waals surface area contributed by atoms with Crippen molar-refractivity contribution in [3.63, 3.8) is 0 Å². The van der Waals surface area contributed by atoms with E-state index in [1.54, 1.807) is 6.92 Å². The molecule has 1 rings (SSSR count). The molecule has 0 saturated carbocycles. The Kier molecular flexibility index (Phi) is 2.08. The third-order valence-corrected chi connectivity index (χ3v) is 2.19. The number of urea groups is 1. The zero-order valence-corrected chi connectivity index (χ0v) is 6.76. The van der Waals surface area contributed by atoms with Crippen LogP contribution in [0.1, 0.15) is 6.92 Å². The first-order chi connectivity index (χ1) is 5.02. The molecule has 0 unspecified atom stereocenters. The van der Waals surface area contributed by atoms with Crippen LogP contribution in [-0.2, 0) is 13.6 Å². The van der Waals surface area contributed by atoms with Crippen LogP contribution in [0, 0.1) is 0 Å². The summed E-state index contributed by atoms with van der Waals surface area (Å²) in [5, 5.41) is 2.27. The molecule has 0 bridgehead atoms. The molecule has 62 valence electrons. The Hall–Kier alpha value is -0.710. The van der Waals surface area contributed by atoms with E-state index in [0.29, 0.717) is 0 Å². The summed E-state index contributed by atoms with van der Waals surface area (Å²) in [4.78, 5) is 10.2. The van der Waals surface area contributed by atoms with Crippen LogP contribution in [0.25, 0.3) is 0 Å². The lowest BCUT2D eigenvalue weighted by Gasteiger charge is -2.22. The van der Waals surface area contributed by atoms with Crippen molar-refractivity contribution in [3.05, 3.63) is 0 Å². The van der Waals surface area contributed by atoms with E-state index in [1.165, 1.54) is 0 Å². The van der Waals surface area contributed by atoms with Crippen LogP contribution >= 0.6 is 8.25 Å². The molecule has 0 aliphatic carbocycles. The average Bonchev–Trinajstić information content (AvgIpc) is 1.81. The molecule has 0 aromatic carbocycles. The highest BCUT2D eigenvalue weighted by Gasteiger charge is 2.57. The number of nitrogens with one attached hydrogen (secondary N) is 1. The van der Waals surface area contributed by atoms with Crippen LogP contribution in [-0.4, -0.2) is 18.4 Å². The normalized spacial score (nSPS) is 32.6. The predicted molar refractivity (Wildman–Crippen MR) is 35.8 cm³/mol. The van der Waals surface area contributed by atoms with Gasteiger partial charge in [-0.1, -0.05) is 9.05 Å². The quantitative estimate of drug-likeness (QED) is 0.587. The number of primary amides is 1. The Morgan fingerprint density at radius 3 is 2.64 bits per heavy atom. The molecule has 2 amide bonds. The first-order valence-corrected chi connectivity index (χ1v) is 4.00. The van der Waals surface area contributed by atoms with Gasteiger partial charge in [0, 0.05) is 11.5 Å². The molecule has 0 aromatic heterocycles. The highest BCUT2D eigenvalue weighted by atomic mass is 31.1. The van der Waals surface area contributed by atoms with E-state index in [9.17, 15) is 9.36 Å². The van der Waals surface area contributed by atoms with Gasteiger partial charge >= 0.3 is 14.3 Å². The zero-order valence-electron chi connectivity index (χ0n) is 5.86. The summed E-state index contributed by atoms with van der Waals surface area (Å²) in [6, 6.07) is -0.666. The monoisotopic (exact) mass is 179 g/mol. The van der Waals surface area contributed by atoms with E-state index < -0.39 is 20.1 Å². The molecule has 1 heterocycles. The van der Waals surface area contributed by atoms with Gasteiger partial charge in [0.1, 0.15) is 0 Å². The molecule has 3 N–H and O–H groups in total. The Morgan fingerprint density at radius 1 is 1.73 bits per heavy atom. The van der Waals surface area contributed by atoms with Crippen molar-refractivity contribution in [3.8, 4) is 0 Å². The molecular weight excluding hydrogens is 171 g/mol. The third-order valence-electron chi connectivity index (χ3n) is 1.12. The molecule has 0 aromatic rings. The fourth-order valence-electron chi connectivity index (χ4n) is 0.634. The van der Waals surface area contributed by atoms with Gasteiger partial charge in [0.25, 0.3) is 5.79 Å². The molecule has 0 atom stereocenters. The van der Waals surface area contributed by atoms with Crippen LogP contribution in [0.3, 0.4) is 0 Å². The van der Waals surface area contributed by atoms with E-state index >= 15 is 0 Å². The number of amides is 2. The second-order valence-corrected chi connectivity index (χ2v) is 3.07. The van der Waals surface area contributed by atoms with Crippen LogP contribution in [0.2, 0.25) is 0 Å². The first-order valence-electron chi connectivity index (χ1n) is 2.91. The van der Waals surface area contributed by atoms with Crippen molar-refractivity contribution in [2.45, 2.75) is 12.7 Å². The minimum absolute atomic E-state index is 0.101. The summed E-state index contributed by atoms with van der Waals surface area (Å²) >= 11 is 0. The summed E-state index contributed by atoms with van der Waals surface area (Å²) in [5.41, 5.74) is 4.78. The van der Waals surface area contributed by atoms with Gasteiger partial charge in [0.15, 0.2) is 0 Å². The SMILES string of the molecule is CC1(CNC(N)=O)O[P+](=O)O1. The van der Waals surface area contributed by atoms with Crippen LogP contribution in [0.15, 0.2) is 0 Å². The lowest BCUT2D eigenvalue weighted by Crippen LogP contribution is -2.48. The number of carbonyl (C=O) groups excluding carboxylic acids is 1. The summed E-state index contributed by atoms with van der Waals surface area (Å²) in [5.74, 6) is -0.970.